The summed E-state index contributed by atoms with van der Waals surface area (Å²) in [5.74, 6) is 0. The molecular formula is C28H25F3O3S2. The standard InChI is InChI=1S/C21H21S.C7H5F3O3S/c1-2-9-18-14-16-21(17-15-18)22(19-10-5-3-6-11-19)20-12-7-4-8-13-20;8-7(9,10)5-2-1-3-6(4-5)14(11,12)13/h3-8,10-17H,2,9H2,1H3;1-4H,(H,11,12,13)/q+1;/p-1. The fraction of sp³-hybridized carbons (Fsp3) is 0.143. The Hall–Kier alpha value is -3.07. The third-order valence-corrected chi connectivity index (χ3v) is 8.17. The minimum absolute atomic E-state index is 0.0268. The van der Waals surface area contributed by atoms with Crippen molar-refractivity contribution in [1.29, 1.82) is 0 Å². The predicted molar refractivity (Wildman–Crippen MR) is 135 cm³/mol. The Morgan fingerprint density at radius 1 is 0.722 bits per heavy atom. The van der Waals surface area contributed by atoms with E-state index in [1.54, 1.807) is 0 Å². The number of aryl methyl sites for hydroxylation is 1. The molecule has 0 amide bonds. The van der Waals surface area contributed by atoms with Gasteiger partial charge in [0, 0.05) is 0 Å². The molecule has 0 radical (unpaired) electrons. The maximum Gasteiger partial charge on any atom is 0.416 e. The van der Waals surface area contributed by atoms with E-state index in [0.717, 1.165) is 18.6 Å². The number of alkyl halides is 3. The average molecular weight is 531 g/mol. The molecule has 0 bridgehead atoms. The Morgan fingerprint density at radius 3 is 1.67 bits per heavy atom. The molecule has 3 nitrogen and oxygen atoms in total. The van der Waals surface area contributed by atoms with E-state index in [4.69, 9.17) is 0 Å². The highest BCUT2D eigenvalue weighted by atomic mass is 32.2. The van der Waals surface area contributed by atoms with E-state index in [-0.39, 0.29) is 10.9 Å². The first-order valence-electron chi connectivity index (χ1n) is 11.2. The van der Waals surface area contributed by atoms with Crippen LogP contribution in [0.4, 0.5) is 13.2 Å². The fourth-order valence-corrected chi connectivity index (χ4v) is 6.03. The number of rotatable bonds is 6. The molecule has 8 heteroatoms. The molecule has 0 aliphatic rings. The van der Waals surface area contributed by atoms with Gasteiger partial charge in [-0.15, -0.1) is 0 Å². The smallest absolute Gasteiger partial charge is 0.416 e. The van der Waals surface area contributed by atoms with Gasteiger partial charge in [-0.3, -0.25) is 0 Å². The van der Waals surface area contributed by atoms with Crippen LogP contribution in [0.1, 0.15) is 24.5 Å². The average Bonchev–Trinajstić information content (AvgIpc) is 2.86. The molecule has 0 aliphatic carbocycles. The Morgan fingerprint density at radius 2 is 1.22 bits per heavy atom. The summed E-state index contributed by atoms with van der Waals surface area (Å²) in [6.07, 6.45) is -2.30. The topological polar surface area (TPSA) is 57.2 Å². The third kappa shape index (κ3) is 7.71. The van der Waals surface area contributed by atoms with Crippen LogP contribution in [0.2, 0.25) is 0 Å². The second-order valence-corrected chi connectivity index (χ2v) is 11.2. The quantitative estimate of drug-likeness (QED) is 0.194. The molecule has 188 valence electrons. The van der Waals surface area contributed by atoms with E-state index in [1.807, 2.05) is 0 Å². The molecule has 0 aliphatic heterocycles. The molecule has 0 saturated carbocycles. The predicted octanol–water partition coefficient (Wildman–Crippen LogP) is 7.34. The first kappa shape index (κ1) is 27.5. The largest absolute Gasteiger partial charge is 0.744 e. The van der Waals surface area contributed by atoms with Crippen LogP contribution in [0, 0.1) is 0 Å². The summed E-state index contributed by atoms with van der Waals surface area (Å²) in [7, 11) is -4.86. The summed E-state index contributed by atoms with van der Waals surface area (Å²) in [6, 6.07) is 33.5. The van der Waals surface area contributed by atoms with Crippen LogP contribution in [0.15, 0.2) is 129 Å². The monoisotopic (exact) mass is 530 g/mol. The Kier molecular flexibility index (Phi) is 9.37. The minimum atomic E-state index is -4.84. The molecule has 0 fully saturated rings. The first-order chi connectivity index (χ1) is 17.1. The second-order valence-electron chi connectivity index (χ2n) is 7.81. The van der Waals surface area contributed by atoms with Crippen molar-refractivity contribution in [3.8, 4) is 0 Å². The summed E-state index contributed by atoms with van der Waals surface area (Å²) in [5, 5.41) is 0. The van der Waals surface area contributed by atoms with Crippen LogP contribution in [0.5, 0.6) is 0 Å². The van der Waals surface area contributed by atoms with Crippen LogP contribution < -0.4 is 0 Å². The Bertz CT molecular complexity index is 1300. The van der Waals surface area contributed by atoms with E-state index in [0.29, 0.717) is 12.1 Å². The highest BCUT2D eigenvalue weighted by Gasteiger charge is 2.31. The zero-order chi connectivity index (χ0) is 26.2. The van der Waals surface area contributed by atoms with Crippen LogP contribution >= 0.6 is 0 Å². The highest BCUT2D eigenvalue weighted by Crippen LogP contribution is 2.31. The fourth-order valence-electron chi connectivity index (χ4n) is 3.43. The summed E-state index contributed by atoms with van der Waals surface area (Å²) < 4.78 is 67.3. The van der Waals surface area contributed by atoms with Gasteiger partial charge in [-0.25, -0.2) is 8.42 Å². The van der Waals surface area contributed by atoms with Gasteiger partial charge in [0.1, 0.15) is 10.1 Å². The van der Waals surface area contributed by atoms with E-state index in [2.05, 4.69) is 91.9 Å². The van der Waals surface area contributed by atoms with Crippen LogP contribution in [-0.2, 0) is 33.6 Å². The van der Waals surface area contributed by atoms with Crippen molar-refractivity contribution >= 4 is 21.0 Å². The van der Waals surface area contributed by atoms with Crippen LogP contribution in [0.3, 0.4) is 0 Å². The maximum atomic E-state index is 12.1. The van der Waals surface area contributed by atoms with E-state index in [9.17, 15) is 26.1 Å². The zero-order valence-corrected chi connectivity index (χ0v) is 21.1. The van der Waals surface area contributed by atoms with E-state index < -0.39 is 26.8 Å². The molecule has 0 N–H and O–H groups in total. The van der Waals surface area contributed by atoms with Gasteiger partial charge >= 0.3 is 6.18 Å². The normalized spacial score (nSPS) is 11.6. The van der Waals surface area contributed by atoms with Gasteiger partial charge in [0.25, 0.3) is 0 Å². The molecule has 0 aromatic heterocycles. The lowest BCUT2D eigenvalue weighted by Gasteiger charge is -2.10. The molecule has 0 unspecified atom stereocenters. The van der Waals surface area contributed by atoms with Gasteiger partial charge in [0.15, 0.2) is 14.7 Å². The van der Waals surface area contributed by atoms with Crippen molar-refractivity contribution < 1.29 is 26.1 Å². The highest BCUT2D eigenvalue weighted by molar-refractivity contribution is 7.97. The molecular weight excluding hydrogens is 505 g/mol. The summed E-state index contributed by atoms with van der Waals surface area (Å²) in [5.41, 5.74) is 0.269. The van der Waals surface area contributed by atoms with Crippen molar-refractivity contribution in [2.24, 2.45) is 0 Å². The molecule has 0 saturated heterocycles. The number of hydrogen-bond donors (Lipinski definition) is 0. The van der Waals surface area contributed by atoms with Gasteiger partial charge in [-0.1, -0.05) is 67.9 Å². The summed E-state index contributed by atoms with van der Waals surface area (Å²) in [4.78, 5) is 3.25. The Balaban J connectivity index is 0.000000223. The number of benzene rings is 4. The molecule has 4 rings (SSSR count). The molecule has 0 spiro atoms. The number of halogens is 3. The minimum Gasteiger partial charge on any atom is -0.744 e. The Labute approximate surface area is 212 Å². The molecule has 36 heavy (non-hydrogen) atoms. The van der Waals surface area contributed by atoms with Crippen molar-refractivity contribution in [3.05, 3.63) is 120 Å². The lowest BCUT2D eigenvalue weighted by atomic mass is 10.1. The van der Waals surface area contributed by atoms with Crippen molar-refractivity contribution in [3.63, 3.8) is 0 Å². The third-order valence-electron chi connectivity index (χ3n) is 5.11. The van der Waals surface area contributed by atoms with Gasteiger partial charge < -0.3 is 4.55 Å². The van der Waals surface area contributed by atoms with Gasteiger partial charge in [0.2, 0.25) is 0 Å². The molecule has 0 heterocycles. The second kappa shape index (κ2) is 12.3. The molecule has 4 aromatic rings. The zero-order valence-electron chi connectivity index (χ0n) is 19.5. The molecule has 4 aromatic carbocycles. The summed E-state index contributed by atoms with van der Waals surface area (Å²) >= 11 is 0. The van der Waals surface area contributed by atoms with Crippen molar-refractivity contribution in [2.75, 3.05) is 0 Å². The van der Waals surface area contributed by atoms with Gasteiger partial charge in [0.05, 0.1) is 21.4 Å². The van der Waals surface area contributed by atoms with Crippen molar-refractivity contribution in [1.82, 2.24) is 0 Å². The SMILES string of the molecule is CCCc1ccc([S+](c2ccccc2)c2ccccc2)cc1.O=S(=O)([O-])c1cccc(C(F)(F)F)c1. The van der Waals surface area contributed by atoms with Crippen LogP contribution in [0.25, 0.3) is 0 Å². The van der Waals surface area contributed by atoms with Gasteiger partial charge in [-0.2, -0.15) is 13.2 Å². The summed E-state index contributed by atoms with van der Waals surface area (Å²) in [6.45, 7) is 2.23. The first-order valence-corrected chi connectivity index (χ1v) is 13.8. The van der Waals surface area contributed by atoms with Gasteiger partial charge in [-0.05, 0) is 66.6 Å². The molecule has 0 atom stereocenters. The number of hydrogen-bond acceptors (Lipinski definition) is 3. The lowest BCUT2D eigenvalue weighted by Crippen LogP contribution is -2.07. The van der Waals surface area contributed by atoms with E-state index in [1.165, 1.54) is 26.7 Å². The maximum absolute atomic E-state index is 12.1. The van der Waals surface area contributed by atoms with Crippen molar-refractivity contribution in [2.45, 2.75) is 45.5 Å². The van der Waals surface area contributed by atoms with Crippen LogP contribution in [-0.4, -0.2) is 13.0 Å². The lowest BCUT2D eigenvalue weighted by molar-refractivity contribution is -0.137. The van der Waals surface area contributed by atoms with E-state index >= 15 is 0 Å².